The van der Waals surface area contributed by atoms with Crippen LogP contribution >= 0.6 is 15.9 Å². The Kier molecular flexibility index (Phi) is 3.53. The van der Waals surface area contributed by atoms with Gasteiger partial charge in [-0.25, -0.2) is 0 Å². The molecule has 0 spiro atoms. The molecule has 0 fully saturated rings. The van der Waals surface area contributed by atoms with E-state index >= 15 is 0 Å². The monoisotopic (exact) mass is 296 g/mol. The lowest BCUT2D eigenvalue weighted by molar-refractivity contribution is 0.474. The molecular weight excluding hydrogens is 288 g/mol. The molecule has 0 heterocycles. The van der Waals surface area contributed by atoms with Gasteiger partial charge in [-0.3, -0.25) is 0 Å². The van der Waals surface area contributed by atoms with Crippen LogP contribution in [-0.4, -0.2) is 9.66 Å². The lowest BCUT2D eigenvalue weighted by atomic mass is 10.3. The SMILES string of the molecule is [O-][S+](c1ccc(O)cc1)c1ccc(Br)cc1. The fourth-order valence-electron chi connectivity index (χ4n) is 1.26. The van der Waals surface area contributed by atoms with Crippen LogP contribution in [0.15, 0.2) is 62.8 Å². The van der Waals surface area contributed by atoms with Crippen molar-refractivity contribution in [2.75, 3.05) is 0 Å². The van der Waals surface area contributed by atoms with Crippen molar-refractivity contribution >= 4 is 27.1 Å². The molecule has 4 heteroatoms. The third kappa shape index (κ3) is 2.58. The van der Waals surface area contributed by atoms with E-state index in [1.807, 2.05) is 24.3 Å². The van der Waals surface area contributed by atoms with Crippen molar-refractivity contribution in [2.45, 2.75) is 9.79 Å². The summed E-state index contributed by atoms with van der Waals surface area (Å²) in [6, 6.07) is 13.7. The zero-order chi connectivity index (χ0) is 11.5. The van der Waals surface area contributed by atoms with Crippen LogP contribution in [0.4, 0.5) is 0 Å². The molecule has 0 aromatic heterocycles. The molecule has 1 atom stereocenters. The van der Waals surface area contributed by atoms with Crippen molar-refractivity contribution in [2.24, 2.45) is 0 Å². The van der Waals surface area contributed by atoms with E-state index in [1.54, 1.807) is 12.1 Å². The van der Waals surface area contributed by atoms with Gasteiger partial charge in [0, 0.05) is 15.6 Å². The minimum atomic E-state index is -1.20. The molecule has 82 valence electrons. The van der Waals surface area contributed by atoms with Crippen molar-refractivity contribution < 1.29 is 9.66 Å². The second-order valence-corrected chi connectivity index (χ2v) is 5.61. The lowest BCUT2D eigenvalue weighted by Gasteiger charge is -2.09. The number of rotatable bonds is 2. The number of halogens is 1. The molecule has 0 amide bonds. The maximum absolute atomic E-state index is 12.1. The number of phenols is 1. The molecule has 0 saturated heterocycles. The lowest BCUT2D eigenvalue weighted by Crippen LogP contribution is -2.01. The fraction of sp³-hybridized carbons (Fsp3) is 0. The van der Waals surface area contributed by atoms with Gasteiger partial charge in [-0.05, 0) is 48.5 Å². The van der Waals surface area contributed by atoms with Crippen LogP contribution in [0.5, 0.6) is 5.75 Å². The van der Waals surface area contributed by atoms with E-state index in [0.29, 0.717) is 4.90 Å². The second-order valence-electron chi connectivity index (χ2n) is 3.22. The fourth-order valence-corrected chi connectivity index (χ4v) is 2.57. The standard InChI is InChI=1S/C12H9BrO2S/c13-9-1-5-11(6-2-9)16(15)12-7-3-10(14)4-8-12/h1-8,14H. The Morgan fingerprint density at radius 1 is 0.875 bits per heavy atom. The van der Waals surface area contributed by atoms with Crippen molar-refractivity contribution in [3.63, 3.8) is 0 Å². The predicted molar refractivity (Wildman–Crippen MR) is 66.9 cm³/mol. The normalized spacial score (nSPS) is 12.4. The first-order valence-electron chi connectivity index (χ1n) is 4.63. The van der Waals surface area contributed by atoms with Crippen LogP contribution in [0.3, 0.4) is 0 Å². The average Bonchev–Trinajstić information content (AvgIpc) is 2.30. The van der Waals surface area contributed by atoms with Crippen LogP contribution in [0, 0.1) is 0 Å². The Bertz CT molecular complexity index is 422. The first kappa shape index (κ1) is 11.5. The summed E-state index contributed by atoms with van der Waals surface area (Å²) >= 11 is 2.13. The predicted octanol–water partition coefficient (Wildman–Crippen LogP) is 3.32. The summed E-state index contributed by atoms with van der Waals surface area (Å²) in [7, 11) is 0. The highest BCUT2D eigenvalue weighted by Crippen LogP contribution is 2.23. The summed E-state index contributed by atoms with van der Waals surface area (Å²) in [4.78, 5) is 1.43. The first-order valence-corrected chi connectivity index (χ1v) is 6.57. The summed E-state index contributed by atoms with van der Waals surface area (Å²) in [6.07, 6.45) is 0. The minimum absolute atomic E-state index is 0.177. The molecule has 0 aliphatic rings. The highest BCUT2D eigenvalue weighted by molar-refractivity contribution is 9.10. The summed E-state index contributed by atoms with van der Waals surface area (Å²) in [5.41, 5.74) is 0. The number of hydrogen-bond acceptors (Lipinski definition) is 2. The van der Waals surface area contributed by atoms with Gasteiger partial charge in [0.15, 0.2) is 9.79 Å². The molecule has 2 aromatic carbocycles. The molecule has 0 aliphatic carbocycles. The smallest absolute Gasteiger partial charge is 0.158 e. The highest BCUT2D eigenvalue weighted by Gasteiger charge is 2.13. The molecule has 0 aliphatic heterocycles. The third-order valence-electron chi connectivity index (χ3n) is 2.08. The van der Waals surface area contributed by atoms with Gasteiger partial charge in [0.1, 0.15) is 5.75 Å². The van der Waals surface area contributed by atoms with Gasteiger partial charge in [0.2, 0.25) is 0 Å². The van der Waals surface area contributed by atoms with Crippen LogP contribution in [0.1, 0.15) is 0 Å². The molecule has 1 unspecified atom stereocenters. The molecule has 16 heavy (non-hydrogen) atoms. The molecule has 0 bridgehead atoms. The maximum atomic E-state index is 12.1. The zero-order valence-electron chi connectivity index (χ0n) is 8.26. The Morgan fingerprint density at radius 2 is 1.31 bits per heavy atom. The molecular formula is C12H9BrO2S. The molecule has 2 aromatic rings. The second kappa shape index (κ2) is 4.91. The largest absolute Gasteiger partial charge is 0.606 e. The number of benzene rings is 2. The molecule has 1 N–H and O–H groups in total. The summed E-state index contributed by atoms with van der Waals surface area (Å²) < 4.78 is 13.0. The van der Waals surface area contributed by atoms with Crippen LogP contribution in [0.25, 0.3) is 0 Å². The van der Waals surface area contributed by atoms with Gasteiger partial charge in [0.25, 0.3) is 0 Å². The van der Waals surface area contributed by atoms with Crippen LogP contribution < -0.4 is 0 Å². The van der Waals surface area contributed by atoms with Gasteiger partial charge >= 0.3 is 0 Å². The average molecular weight is 297 g/mol. The van der Waals surface area contributed by atoms with Gasteiger partial charge in [-0.2, -0.15) is 0 Å². The Hall–Kier alpha value is -0.970. The van der Waals surface area contributed by atoms with Crippen molar-refractivity contribution in [1.82, 2.24) is 0 Å². The zero-order valence-corrected chi connectivity index (χ0v) is 10.7. The highest BCUT2D eigenvalue weighted by atomic mass is 79.9. The number of hydrogen-bond donors (Lipinski definition) is 1. The Labute approximate surface area is 105 Å². The molecule has 0 saturated carbocycles. The topological polar surface area (TPSA) is 43.3 Å². The summed E-state index contributed by atoms with van der Waals surface area (Å²) in [5.74, 6) is 0.177. The van der Waals surface area contributed by atoms with E-state index < -0.39 is 11.2 Å². The van der Waals surface area contributed by atoms with Gasteiger partial charge < -0.3 is 9.66 Å². The number of aromatic hydroxyl groups is 1. The van der Waals surface area contributed by atoms with Gasteiger partial charge in [-0.1, -0.05) is 15.9 Å². The van der Waals surface area contributed by atoms with E-state index in [4.69, 9.17) is 5.11 Å². The molecule has 0 radical (unpaired) electrons. The van der Waals surface area contributed by atoms with E-state index in [0.717, 1.165) is 9.37 Å². The molecule has 2 nitrogen and oxygen atoms in total. The van der Waals surface area contributed by atoms with E-state index in [2.05, 4.69) is 15.9 Å². The summed E-state index contributed by atoms with van der Waals surface area (Å²) in [6.45, 7) is 0. The van der Waals surface area contributed by atoms with Crippen molar-refractivity contribution in [3.05, 3.63) is 53.0 Å². The van der Waals surface area contributed by atoms with Crippen LogP contribution in [-0.2, 0) is 11.2 Å². The summed E-state index contributed by atoms with van der Waals surface area (Å²) in [5, 5.41) is 9.14. The maximum Gasteiger partial charge on any atom is 0.158 e. The van der Waals surface area contributed by atoms with Crippen LogP contribution in [0.2, 0.25) is 0 Å². The minimum Gasteiger partial charge on any atom is -0.606 e. The quantitative estimate of drug-likeness (QED) is 0.864. The molecule has 2 rings (SSSR count). The third-order valence-corrected chi connectivity index (χ3v) is 4.01. The first-order chi connectivity index (χ1) is 7.66. The van der Waals surface area contributed by atoms with E-state index in [-0.39, 0.29) is 5.75 Å². The van der Waals surface area contributed by atoms with E-state index in [1.165, 1.54) is 12.1 Å². The van der Waals surface area contributed by atoms with Crippen molar-refractivity contribution in [1.29, 1.82) is 0 Å². The number of phenolic OH excluding ortho intramolecular Hbond substituents is 1. The van der Waals surface area contributed by atoms with E-state index in [9.17, 15) is 4.55 Å². The Balaban J connectivity index is 2.28. The van der Waals surface area contributed by atoms with Crippen molar-refractivity contribution in [3.8, 4) is 5.75 Å². The van der Waals surface area contributed by atoms with Gasteiger partial charge in [0.05, 0.1) is 0 Å². The van der Waals surface area contributed by atoms with Gasteiger partial charge in [-0.15, -0.1) is 0 Å². The Morgan fingerprint density at radius 3 is 1.81 bits per heavy atom.